The van der Waals surface area contributed by atoms with E-state index in [0.29, 0.717) is 22.9 Å². The van der Waals surface area contributed by atoms with Crippen LogP contribution in [0.25, 0.3) is 56.4 Å². The van der Waals surface area contributed by atoms with Gasteiger partial charge < -0.3 is 4.74 Å². The van der Waals surface area contributed by atoms with Gasteiger partial charge in [-0.15, -0.1) is 0 Å². The first-order chi connectivity index (χ1) is 29.6. The zero-order valence-corrected chi connectivity index (χ0v) is 33.6. The zero-order valence-electron chi connectivity index (χ0n) is 33.6. The first-order valence-electron chi connectivity index (χ1n) is 22.1. The smallest absolute Gasteiger partial charge is 0.164 e. The highest BCUT2D eigenvalue weighted by Gasteiger charge is 2.53. The lowest BCUT2D eigenvalue weighted by Gasteiger charge is -2.57. The highest BCUT2D eigenvalue weighted by atomic mass is 16.5. The summed E-state index contributed by atoms with van der Waals surface area (Å²) in [5.74, 6) is 6.70. The van der Waals surface area contributed by atoms with Crippen LogP contribution in [0.3, 0.4) is 0 Å². The Bertz CT molecular complexity index is 2890. The maximum Gasteiger partial charge on any atom is 0.164 e. The summed E-state index contributed by atoms with van der Waals surface area (Å²) < 4.78 is 6.62. The molecule has 290 valence electrons. The first-order valence-corrected chi connectivity index (χ1v) is 22.1. The lowest BCUT2D eigenvalue weighted by atomic mass is 9.48. The molecule has 6 aliphatic carbocycles. The lowest BCUT2D eigenvalue weighted by Crippen LogP contribution is -2.48. The Balaban J connectivity index is 0.954. The Labute approximate surface area is 351 Å². The van der Waals surface area contributed by atoms with E-state index in [4.69, 9.17) is 19.7 Å². The molecule has 0 amide bonds. The molecule has 4 saturated carbocycles. The summed E-state index contributed by atoms with van der Waals surface area (Å²) in [4.78, 5) is 15.8. The normalized spacial score (nSPS) is 25.1. The average molecular weight is 776 g/mol. The molecule has 7 aliphatic rings. The average Bonchev–Trinajstić information content (AvgIpc) is 3.59. The van der Waals surface area contributed by atoms with Gasteiger partial charge in [0.1, 0.15) is 11.5 Å². The largest absolute Gasteiger partial charge is 0.457 e. The number of hydrogen-bond acceptors (Lipinski definition) is 4. The Morgan fingerprint density at radius 1 is 0.483 bits per heavy atom. The molecule has 4 bridgehead atoms. The second kappa shape index (κ2) is 13.1. The second-order valence-corrected chi connectivity index (χ2v) is 18.5. The van der Waals surface area contributed by atoms with Crippen LogP contribution < -0.4 is 4.74 Å². The predicted molar refractivity (Wildman–Crippen MR) is 239 cm³/mol. The van der Waals surface area contributed by atoms with Crippen molar-refractivity contribution in [1.82, 2.24) is 15.0 Å². The third kappa shape index (κ3) is 5.12. The summed E-state index contributed by atoms with van der Waals surface area (Å²) in [5, 5.41) is 0. The second-order valence-electron chi connectivity index (χ2n) is 18.5. The molecule has 1 atom stereocenters. The van der Waals surface area contributed by atoms with Gasteiger partial charge in [0.15, 0.2) is 17.5 Å². The van der Waals surface area contributed by atoms with Crippen LogP contribution in [-0.4, -0.2) is 15.0 Å². The van der Waals surface area contributed by atoms with Crippen molar-refractivity contribution in [3.63, 3.8) is 0 Å². The molecule has 6 aromatic carbocycles. The molecule has 60 heavy (non-hydrogen) atoms. The number of benzene rings is 6. The van der Waals surface area contributed by atoms with E-state index < -0.39 is 5.41 Å². The van der Waals surface area contributed by atoms with E-state index in [2.05, 4.69) is 158 Å². The molecule has 1 unspecified atom stereocenters. The molecule has 4 heteroatoms. The van der Waals surface area contributed by atoms with Crippen molar-refractivity contribution in [1.29, 1.82) is 0 Å². The fourth-order valence-corrected chi connectivity index (χ4v) is 12.9. The van der Waals surface area contributed by atoms with Crippen LogP contribution in [0.1, 0.15) is 73.6 Å². The van der Waals surface area contributed by atoms with Gasteiger partial charge in [-0.1, -0.05) is 140 Å². The maximum absolute atomic E-state index is 6.62. The number of aromatic nitrogens is 3. The van der Waals surface area contributed by atoms with Crippen LogP contribution in [0.2, 0.25) is 0 Å². The standard InChI is InChI=1S/C56H45N3O/c1-2-10-38(11-3-1)39-18-20-40(21-19-39)52-57-53(41-22-25-43(26-23-41)55-32-35-28-36(33-55)30-37(29-35)34-55)59-54(58-52)42-24-27-47-45(31-42)44-12-4-5-13-46(44)56(47)48-14-6-8-16-50(48)60-51-17-9-7-15-49(51)56/h1-6,8-14,16-27,31,35-37H,7,15,28-30,32-34H2. The molecule has 7 aromatic rings. The van der Waals surface area contributed by atoms with Crippen molar-refractivity contribution in [3.8, 4) is 62.2 Å². The topological polar surface area (TPSA) is 47.9 Å². The molecule has 1 spiro atoms. The molecule has 4 fully saturated rings. The minimum Gasteiger partial charge on any atom is -0.457 e. The fourth-order valence-electron chi connectivity index (χ4n) is 12.9. The highest BCUT2D eigenvalue weighted by molar-refractivity contribution is 5.89. The van der Waals surface area contributed by atoms with Crippen molar-refractivity contribution < 1.29 is 4.74 Å². The Morgan fingerprint density at radius 2 is 1.03 bits per heavy atom. The summed E-state index contributed by atoms with van der Waals surface area (Å²) in [6, 6.07) is 53.0. The molecule has 0 saturated heterocycles. The number of ether oxygens (including phenoxy) is 1. The van der Waals surface area contributed by atoms with E-state index in [1.54, 1.807) is 0 Å². The van der Waals surface area contributed by atoms with Crippen molar-refractivity contribution in [2.45, 2.75) is 62.2 Å². The van der Waals surface area contributed by atoms with Crippen molar-refractivity contribution in [2.24, 2.45) is 17.8 Å². The monoisotopic (exact) mass is 775 g/mol. The van der Waals surface area contributed by atoms with E-state index in [-0.39, 0.29) is 0 Å². The summed E-state index contributed by atoms with van der Waals surface area (Å²) in [6.45, 7) is 0. The number of hydrogen-bond donors (Lipinski definition) is 0. The molecular formula is C56H45N3O. The van der Waals surface area contributed by atoms with E-state index in [1.807, 2.05) is 0 Å². The van der Waals surface area contributed by atoms with Gasteiger partial charge in [0.05, 0.1) is 5.41 Å². The van der Waals surface area contributed by atoms with Gasteiger partial charge >= 0.3 is 0 Å². The molecule has 1 aliphatic heterocycles. The van der Waals surface area contributed by atoms with E-state index in [9.17, 15) is 0 Å². The van der Waals surface area contributed by atoms with Crippen LogP contribution in [0.5, 0.6) is 5.75 Å². The Kier molecular flexibility index (Phi) is 7.50. The number of allylic oxidation sites excluding steroid dienone is 3. The number of para-hydroxylation sites is 1. The van der Waals surface area contributed by atoms with Crippen molar-refractivity contribution in [3.05, 3.63) is 191 Å². The Morgan fingerprint density at radius 3 is 1.75 bits per heavy atom. The van der Waals surface area contributed by atoms with Crippen LogP contribution in [0.15, 0.2) is 169 Å². The molecule has 2 heterocycles. The summed E-state index contributed by atoms with van der Waals surface area (Å²) in [5.41, 5.74) is 14.4. The number of fused-ring (bicyclic) bond motifs is 8. The molecule has 4 nitrogen and oxygen atoms in total. The SMILES string of the molecule is C1=CC2=C(CC1)C1(c3ccccc3O2)c2ccccc2-c2cc(-c3nc(-c4ccc(-c5ccccc5)cc4)nc(-c4ccc(C56CC7CC(CC(C7)C5)C6)cc4)n3)ccc21. The van der Waals surface area contributed by atoms with Gasteiger partial charge in [0.25, 0.3) is 0 Å². The Hall–Kier alpha value is -6.39. The van der Waals surface area contributed by atoms with Gasteiger partial charge in [0.2, 0.25) is 0 Å². The molecule has 14 rings (SSSR count). The van der Waals surface area contributed by atoms with E-state index >= 15 is 0 Å². The number of nitrogens with zero attached hydrogens (tertiary/aromatic N) is 3. The predicted octanol–water partition coefficient (Wildman–Crippen LogP) is 13.3. The van der Waals surface area contributed by atoms with E-state index in [1.165, 1.54) is 88.6 Å². The van der Waals surface area contributed by atoms with Gasteiger partial charge in [-0.2, -0.15) is 0 Å². The van der Waals surface area contributed by atoms with Crippen molar-refractivity contribution >= 4 is 0 Å². The van der Waals surface area contributed by atoms with Crippen LogP contribution in [0.4, 0.5) is 0 Å². The quantitative estimate of drug-likeness (QED) is 0.175. The molecular weight excluding hydrogens is 731 g/mol. The van der Waals surface area contributed by atoms with Gasteiger partial charge in [0, 0.05) is 22.3 Å². The van der Waals surface area contributed by atoms with Crippen LogP contribution >= 0.6 is 0 Å². The number of rotatable bonds is 5. The van der Waals surface area contributed by atoms with Crippen LogP contribution in [0, 0.1) is 17.8 Å². The highest BCUT2D eigenvalue weighted by Crippen LogP contribution is 2.63. The van der Waals surface area contributed by atoms with Gasteiger partial charge in [-0.3, -0.25) is 0 Å². The van der Waals surface area contributed by atoms with Crippen LogP contribution in [-0.2, 0) is 10.8 Å². The fraction of sp³-hybridized carbons (Fsp3) is 0.232. The van der Waals surface area contributed by atoms with E-state index in [0.717, 1.165) is 58.8 Å². The minimum absolute atomic E-state index is 0.344. The van der Waals surface area contributed by atoms with Crippen molar-refractivity contribution in [2.75, 3.05) is 0 Å². The third-order valence-corrected chi connectivity index (χ3v) is 15.1. The minimum atomic E-state index is -0.437. The molecule has 1 aromatic heterocycles. The summed E-state index contributed by atoms with van der Waals surface area (Å²) in [6.07, 6.45) is 14.8. The maximum atomic E-state index is 6.62. The van der Waals surface area contributed by atoms with Gasteiger partial charge in [-0.25, -0.2) is 15.0 Å². The van der Waals surface area contributed by atoms with Gasteiger partial charge in [-0.05, 0) is 137 Å². The zero-order chi connectivity index (χ0) is 39.4. The molecule has 0 N–H and O–H groups in total. The first kappa shape index (κ1) is 34.5. The lowest BCUT2D eigenvalue weighted by molar-refractivity contribution is -0.00518. The third-order valence-electron chi connectivity index (χ3n) is 15.1. The summed E-state index contributed by atoms with van der Waals surface area (Å²) >= 11 is 0. The molecule has 0 radical (unpaired) electrons. The summed E-state index contributed by atoms with van der Waals surface area (Å²) in [7, 11) is 0.